The third-order valence-corrected chi connectivity index (χ3v) is 5.58. The Hall–Kier alpha value is 0.310. The topological polar surface area (TPSA) is 12.0 Å². The van der Waals surface area contributed by atoms with Gasteiger partial charge in [0.05, 0.1) is 4.87 Å². The Morgan fingerprint density at radius 3 is 2.36 bits per heavy atom. The SMILES string of the molecule is CCC1CSC2(CCC(C)(C)CC2)N1. The summed E-state index contributed by atoms with van der Waals surface area (Å²) in [5, 5.41) is 3.86. The lowest BCUT2D eigenvalue weighted by Gasteiger charge is -2.41. The van der Waals surface area contributed by atoms with E-state index in [0.29, 0.717) is 10.3 Å². The molecule has 0 aromatic heterocycles. The van der Waals surface area contributed by atoms with Crippen molar-refractivity contribution in [3.05, 3.63) is 0 Å². The molecule has 1 heterocycles. The molecule has 0 aromatic carbocycles. The molecular weight excluding hydrogens is 190 g/mol. The van der Waals surface area contributed by atoms with Crippen molar-refractivity contribution < 1.29 is 0 Å². The van der Waals surface area contributed by atoms with Crippen LogP contribution in [0.3, 0.4) is 0 Å². The van der Waals surface area contributed by atoms with Gasteiger partial charge in [0.25, 0.3) is 0 Å². The van der Waals surface area contributed by atoms with Crippen molar-refractivity contribution in [1.82, 2.24) is 5.32 Å². The summed E-state index contributed by atoms with van der Waals surface area (Å²) in [5.41, 5.74) is 0.595. The van der Waals surface area contributed by atoms with Gasteiger partial charge < -0.3 is 0 Å². The summed E-state index contributed by atoms with van der Waals surface area (Å²) in [6.07, 6.45) is 6.83. The molecule has 82 valence electrons. The van der Waals surface area contributed by atoms with Crippen molar-refractivity contribution in [2.24, 2.45) is 5.41 Å². The molecule has 0 bridgehead atoms. The van der Waals surface area contributed by atoms with E-state index in [4.69, 9.17) is 0 Å². The third-order valence-electron chi connectivity index (χ3n) is 3.93. The minimum absolute atomic E-state index is 0.468. The van der Waals surface area contributed by atoms with E-state index in [9.17, 15) is 0 Å². The molecule has 0 radical (unpaired) electrons. The Balaban J connectivity index is 1.94. The third kappa shape index (κ3) is 2.11. The van der Waals surface area contributed by atoms with Gasteiger partial charge in [-0.25, -0.2) is 0 Å². The smallest absolute Gasteiger partial charge is 0.0648 e. The molecule has 1 N–H and O–H groups in total. The van der Waals surface area contributed by atoms with E-state index in [1.807, 2.05) is 0 Å². The van der Waals surface area contributed by atoms with E-state index in [1.165, 1.54) is 37.9 Å². The predicted octanol–water partition coefficient (Wildman–Crippen LogP) is 3.40. The van der Waals surface area contributed by atoms with E-state index < -0.39 is 0 Å². The first-order chi connectivity index (χ1) is 6.55. The number of thioether (sulfide) groups is 1. The monoisotopic (exact) mass is 213 g/mol. The van der Waals surface area contributed by atoms with Crippen LogP contribution in [0.15, 0.2) is 0 Å². The van der Waals surface area contributed by atoms with Crippen LogP contribution < -0.4 is 5.32 Å². The van der Waals surface area contributed by atoms with Crippen LogP contribution >= 0.6 is 11.8 Å². The second kappa shape index (κ2) is 3.71. The Kier molecular flexibility index (Phi) is 2.87. The summed E-state index contributed by atoms with van der Waals surface area (Å²) < 4.78 is 0. The lowest BCUT2D eigenvalue weighted by molar-refractivity contribution is 0.188. The minimum Gasteiger partial charge on any atom is -0.299 e. The first-order valence-corrected chi connectivity index (χ1v) is 6.95. The van der Waals surface area contributed by atoms with Crippen LogP contribution in [0.25, 0.3) is 0 Å². The second-order valence-corrected chi connectivity index (χ2v) is 7.12. The van der Waals surface area contributed by atoms with E-state index in [1.54, 1.807) is 0 Å². The molecule has 1 aliphatic heterocycles. The Morgan fingerprint density at radius 1 is 1.21 bits per heavy atom. The molecule has 1 atom stereocenters. The molecule has 1 spiro atoms. The van der Waals surface area contributed by atoms with Gasteiger partial charge in [-0.3, -0.25) is 5.32 Å². The van der Waals surface area contributed by atoms with Crippen molar-refractivity contribution >= 4 is 11.8 Å². The molecule has 2 rings (SSSR count). The first-order valence-electron chi connectivity index (χ1n) is 5.97. The van der Waals surface area contributed by atoms with Crippen molar-refractivity contribution in [3.8, 4) is 0 Å². The van der Waals surface area contributed by atoms with Crippen LogP contribution in [-0.2, 0) is 0 Å². The van der Waals surface area contributed by atoms with Gasteiger partial charge in [0.1, 0.15) is 0 Å². The van der Waals surface area contributed by atoms with Crippen molar-refractivity contribution in [1.29, 1.82) is 0 Å². The fourth-order valence-electron chi connectivity index (χ4n) is 2.55. The average molecular weight is 213 g/mol. The molecule has 2 aliphatic rings. The summed E-state index contributed by atoms with van der Waals surface area (Å²) in [7, 11) is 0. The lowest BCUT2D eigenvalue weighted by Crippen LogP contribution is -2.45. The van der Waals surface area contributed by atoms with Crippen molar-refractivity contribution in [3.63, 3.8) is 0 Å². The molecule has 14 heavy (non-hydrogen) atoms. The maximum absolute atomic E-state index is 3.86. The summed E-state index contributed by atoms with van der Waals surface area (Å²) in [4.78, 5) is 0.468. The maximum atomic E-state index is 3.86. The highest BCUT2D eigenvalue weighted by Crippen LogP contribution is 2.48. The minimum atomic E-state index is 0.468. The van der Waals surface area contributed by atoms with Crippen LogP contribution in [0.2, 0.25) is 0 Å². The zero-order chi connectivity index (χ0) is 10.2. The molecule has 0 aromatic rings. The lowest BCUT2D eigenvalue weighted by atomic mass is 9.75. The summed E-state index contributed by atoms with van der Waals surface area (Å²) in [6, 6.07) is 0.779. The van der Waals surface area contributed by atoms with Gasteiger partial charge in [-0.1, -0.05) is 20.8 Å². The zero-order valence-electron chi connectivity index (χ0n) is 9.73. The van der Waals surface area contributed by atoms with Gasteiger partial charge in [-0.15, -0.1) is 11.8 Å². The highest BCUT2D eigenvalue weighted by Gasteiger charge is 2.43. The normalized spacial score (nSPS) is 34.9. The fraction of sp³-hybridized carbons (Fsp3) is 1.00. The Bertz CT molecular complexity index is 202. The molecule has 0 amide bonds. The molecular formula is C12H23NS. The maximum Gasteiger partial charge on any atom is 0.0648 e. The molecule has 2 heteroatoms. The van der Waals surface area contributed by atoms with Crippen LogP contribution in [0, 0.1) is 5.41 Å². The van der Waals surface area contributed by atoms with Gasteiger partial charge in [0.2, 0.25) is 0 Å². The molecule has 1 aliphatic carbocycles. The number of rotatable bonds is 1. The van der Waals surface area contributed by atoms with Gasteiger partial charge in [-0.2, -0.15) is 0 Å². The van der Waals surface area contributed by atoms with E-state index in [-0.39, 0.29) is 0 Å². The van der Waals surface area contributed by atoms with Gasteiger partial charge in [0, 0.05) is 11.8 Å². The number of hydrogen-bond acceptors (Lipinski definition) is 2. The zero-order valence-corrected chi connectivity index (χ0v) is 10.5. The molecule has 1 saturated heterocycles. The highest BCUT2D eigenvalue weighted by molar-refractivity contribution is 8.00. The second-order valence-electron chi connectivity index (χ2n) is 5.72. The number of hydrogen-bond donors (Lipinski definition) is 1. The number of nitrogens with one attached hydrogen (secondary N) is 1. The van der Waals surface area contributed by atoms with Crippen molar-refractivity contribution in [2.45, 2.75) is 63.8 Å². The van der Waals surface area contributed by atoms with E-state index in [0.717, 1.165) is 6.04 Å². The van der Waals surface area contributed by atoms with E-state index >= 15 is 0 Å². The van der Waals surface area contributed by atoms with Crippen molar-refractivity contribution in [2.75, 3.05) is 5.75 Å². The van der Waals surface area contributed by atoms with Gasteiger partial charge >= 0.3 is 0 Å². The van der Waals surface area contributed by atoms with E-state index in [2.05, 4.69) is 37.8 Å². The molecule has 1 unspecified atom stereocenters. The summed E-state index contributed by atoms with van der Waals surface area (Å²) in [6.45, 7) is 7.12. The molecule has 1 nitrogen and oxygen atoms in total. The summed E-state index contributed by atoms with van der Waals surface area (Å²) in [5.74, 6) is 1.33. The Labute approximate surface area is 92.4 Å². The average Bonchev–Trinajstić information content (AvgIpc) is 2.56. The highest BCUT2D eigenvalue weighted by atomic mass is 32.2. The Morgan fingerprint density at radius 2 is 1.86 bits per heavy atom. The largest absolute Gasteiger partial charge is 0.299 e. The van der Waals surface area contributed by atoms with Crippen LogP contribution in [0.1, 0.15) is 52.9 Å². The van der Waals surface area contributed by atoms with Crippen LogP contribution in [0.5, 0.6) is 0 Å². The quantitative estimate of drug-likeness (QED) is 0.716. The van der Waals surface area contributed by atoms with Crippen LogP contribution in [-0.4, -0.2) is 16.7 Å². The van der Waals surface area contributed by atoms with Gasteiger partial charge in [-0.05, 0) is 37.5 Å². The first kappa shape index (κ1) is 10.8. The summed E-state index contributed by atoms with van der Waals surface area (Å²) >= 11 is 2.19. The van der Waals surface area contributed by atoms with Crippen LogP contribution in [0.4, 0.5) is 0 Å². The van der Waals surface area contributed by atoms with Gasteiger partial charge in [0.15, 0.2) is 0 Å². The predicted molar refractivity (Wildman–Crippen MR) is 64.7 cm³/mol. The fourth-order valence-corrected chi connectivity index (χ4v) is 4.14. The molecule has 1 saturated carbocycles. The molecule has 2 fully saturated rings. The standard InChI is InChI=1S/C12H23NS/c1-4-10-9-14-12(13-10)7-5-11(2,3)6-8-12/h10,13H,4-9H2,1-3H3.